The molecule has 8 amide bonds. The molecule has 3 aromatic carbocycles. The van der Waals surface area contributed by atoms with Crippen molar-refractivity contribution in [3.8, 4) is 0 Å². The summed E-state index contributed by atoms with van der Waals surface area (Å²) in [6.07, 6.45) is 13.8. The van der Waals surface area contributed by atoms with Gasteiger partial charge in [0.15, 0.2) is 0 Å². The van der Waals surface area contributed by atoms with Gasteiger partial charge in [-0.15, -0.1) is 0 Å². The molecule has 6 rings (SSSR count). The van der Waals surface area contributed by atoms with E-state index >= 15 is 0 Å². The number of benzene rings is 3. The lowest BCUT2D eigenvalue weighted by Crippen LogP contribution is -2.59. The fourth-order valence-corrected chi connectivity index (χ4v) is 10.7. The van der Waals surface area contributed by atoms with Gasteiger partial charge >= 0.3 is 12.2 Å². The summed E-state index contributed by atoms with van der Waals surface area (Å²) in [6, 6.07) is 18.1. The van der Waals surface area contributed by atoms with Crippen molar-refractivity contribution >= 4 is 64.7 Å². The van der Waals surface area contributed by atoms with Gasteiger partial charge in [0, 0.05) is 43.7 Å². The minimum atomic E-state index is -0.939. The van der Waals surface area contributed by atoms with Gasteiger partial charge in [0.25, 0.3) is 5.91 Å². The van der Waals surface area contributed by atoms with E-state index in [1.54, 1.807) is 102 Å². The van der Waals surface area contributed by atoms with Crippen LogP contribution in [0.15, 0.2) is 72.8 Å². The predicted octanol–water partition coefficient (Wildman–Crippen LogP) is 10.7. The SMILES string of the molecule is C[C@@H](C(=O)N[C@H](C(=O)N1C[C@@H](NC(=O)CCCCCCCCCCC(=O)Nc2ccc(C(=O)Nc3ccccc3NC(=O)OC(C)(C)C)cc2)C[C@H]1C(=O)N[C@@H]1CCCc2ccccc21)C1CCCCC1)N(C)C(=O)OC(C)(C)C. The van der Waals surface area contributed by atoms with E-state index in [9.17, 15) is 38.4 Å². The molecule has 2 aliphatic carbocycles. The lowest BCUT2D eigenvalue weighted by atomic mass is 9.83. The lowest BCUT2D eigenvalue weighted by Gasteiger charge is -2.36. The largest absolute Gasteiger partial charge is 0.444 e. The molecule has 0 unspecified atom stereocenters. The Bertz CT molecular complexity index is 2600. The van der Waals surface area contributed by atoms with Gasteiger partial charge in [0.2, 0.25) is 29.5 Å². The van der Waals surface area contributed by atoms with Crippen molar-refractivity contribution in [1.82, 2.24) is 25.8 Å². The monoisotopic (exact) mass is 1100 g/mol. The average Bonchev–Trinajstić information content (AvgIpc) is 3.83. The predicted molar refractivity (Wildman–Crippen MR) is 310 cm³/mol. The molecular formula is C62H88N8O10. The highest BCUT2D eigenvalue weighted by molar-refractivity contribution is 6.07. The van der Waals surface area contributed by atoms with E-state index in [2.05, 4.69) is 38.0 Å². The number of likely N-dealkylation sites (N-methyl/N-ethyl adjacent to an activating group) is 1. The molecule has 80 heavy (non-hydrogen) atoms. The molecule has 6 N–H and O–H groups in total. The minimum Gasteiger partial charge on any atom is -0.444 e. The van der Waals surface area contributed by atoms with Gasteiger partial charge in [0.05, 0.1) is 17.4 Å². The maximum Gasteiger partial charge on any atom is 0.412 e. The van der Waals surface area contributed by atoms with Crippen LogP contribution in [0.25, 0.3) is 0 Å². The van der Waals surface area contributed by atoms with Crippen LogP contribution in [0.5, 0.6) is 0 Å². The fourth-order valence-electron chi connectivity index (χ4n) is 10.7. The van der Waals surface area contributed by atoms with Crippen LogP contribution in [0.2, 0.25) is 0 Å². The van der Waals surface area contributed by atoms with Gasteiger partial charge in [-0.3, -0.25) is 39.0 Å². The number of unbranched alkanes of at least 4 members (excludes halogenated alkanes) is 7. The van der Waals surface area contributed by atoms with E-state index < -0.39 is 53.5 Å². The number of carbonyl (C=O) groups excluding carboxylic acids is 8. The van der Waals surface area contributed by atoms with E-state index in [1.165, 1.54) is 17.5 Å². The number of carbonyl (C=O) groups is 8. The summed E-state index contributed by atoms with van der Waals surface area (Å²) in [5.74, 6) is -1.90. The summed E-state index contributed by atoms with van der Waals surface area (Å²) in [7, 11) is 1.50. The molecule has 2 fully saturated rings. The van der Waals surface area contributed by atoms with Gasteiger partial charge in [-0.05, 0) is 153 Å². The first kappa shape index (κ1) is 62.2. The second kappa shape index (κ2) is 29.5. The number of likely N-dealkylation sites (tertiary alicyclic amines) is 1. The Hall–Kier alpha value is -6.98. The molecule has 3 aromatic rings. The molecule has 436 valence electrons. The minimum absolute atomic E-state index is 0.104. The van der Waals surface area contributed by atoms with Crippen molar-refractivity contribution in [3.63, 3.8) is 0 Å². The zero-order valence-corrected chi connectivity index (χ0v) is 48.5. The number of ether oxygens (including phenoxy) is 2. The van der Waals surface area contributed by atoms with Crippen molar-refractivity contribution in [3.05, 3.63) is 89.5 Å². The Morgan fingerprint density at radius 2 is 1.24 bits per heavy atom. The number of para-hydroxylation sites is 2. The second-order valence-corrected chi connectivity index (χ2v) is 23.9. The molecular weight excluding hydrogens is 1020 g/mol. The molecule has 0 aromatic heterocycles. The highest BCUT2D eigenvalue weighted by atomic mass is 16.6. The quantitative estimate of drug-likeness (QED) is 0.0492. The summed E-state index contributed by atoms with van der Waals surface area (Å²) in [4.78, 5) is 111. The van der Waals surface area contributed by atoms with Crippen LogP contribution in [-0.2, 0) is 39.9 Å². The molecule has 1 saturated carbocycles. The first-order valence-corrected chi connectivity index (χ1v) is 29.1. The molecule has 0 spiro atoms. The van der Waals surface area contributed by atoms with Gasteiger partial charge in [-0.25, -0.2) is 9.59 Å². The normalized spacial score (nSPS) is 18.1. The van der Waals surface area contributed by atoms with E-state index in [-0.39, 0.29) is 54.5 Å². The fraction of sp³-hybridized carbons (Fsp3) is 0.581. The highest BCUT2D eigenvalue weighted by Gasteiger charge is 2.45. The first-order valence-electron chi connectivity index (χ1n) is 29.1. The number of nitrogens with one attached hydrogen (secondary N) is 6. The Labute approximate surface area is 473 Å². The summed E-state index contributed by atoms with van der Waals surface area (Å²) in [5, 5.41) is 17.8. The number of aryl methyl sites for hydroxylation is 1. The Kier molecular flexibility index (Phi) is 22.9. The van der Waals surface area contributed by atoms with Crippen molar-refractivity contribution in [1.29, 1.82) is 0 Å². The van der Waals surface area contributed by atoms with Crippen LogP contribution in [0.4, 0.5) is 26.7 Å². The molecule has 18 heteroatoms. The molecule has 0 bridgehead atoms. The van der Waals surface area contributed by atoms with Crippen LogP contribution in [-0.4, -0.2) is 106 Å². The van der Waals surface area contributed by atoms with Crippen LogP contribution in [0.1, 0.15) is 192 Å². The molecule has 3 aliphatic rings. The van der Waals surface area contributed by atoms with Gasteiger partial charge in [-0.2, -0.15) is 0 Å². The van der Waals surface area contributed by atoms with E-state index in [4.69, 9.17) is 9.47 Å². The van der Waals surface area contributed by atoms with Gasteiger partial charge in [-0.1, -0.05) is 94.2 Å². The zero-order valence-electron chi connectivity index (χ0n) is 48.5. The standard InChI is InChI=1S/C62H88N8O10/c1-41(69(8)60(78)80-62(5,6)7)55(73)68-54(43-26-16-15-17-27-43)58(76)70-40-46(39-51(70)57(75)65-48-32-24-28-42-25-20-21-29-47(42)48)64-53(72)34-19-14-12-10-9-11-13-18-33-52(71)63-45-37-35-44(36-38-45)56(74)66-49-30-22-23-31-50(49)67-59(77)79-61(2,3)4/h20-23,25,29-31,35-38,41,43,46,48,51,54H,9-19,24,26-28,32-34,39-40H2,1-8H3,(H,63,71)(H,64,72)(H,65,75)(H,66,74)(H,67,77)(H,68,73)/t41-,46-,48+,51-,54-/m0/s1. The summed E-state index contributed by atoms with van der Waals surface area (Å²) >= 11 is 0. The molecule has 18 nitrogen and oxygen atoms in total. The van der Waals surface area contributed by atoms with E-state index in [1.807, 2.05) is 18.2 Å². The number of rotatable bonds is 23. The summed E-state index contributed by atoms with van der Waals surface area (Å²) in [6.45, 7) is 12.3. The van der Waals surface area contributed by atoms with Crippen LogP contribution >= 0.6 is 0 Å². The molecule has 0 radical (unpaired) electrons. The number of hydrogen-bond acceptors (Lipinski definition) is 10. The highest BCUT2D eigenvalue weighted by Crippen LogP contribution is 2.33. The van der Waals surface area contributed by atoms with Gasteiger partial charge in [0.1, 0.15) is 29.3 Å². The van der Waals surface area contributed by atoms with E-state index in [0.717, 1.165) is 102 Å². The molecule has 1 heterocycles. The maximum absolute atomic E-state index is 15.0. The second-order valence-electron chi connectivity index (χ2n) is 23.9. The molecule has 5 atom stereocenters. The molecule has 1 saturated heterocycles. The van der Waals surface area contributed by atoms with E-state index in [0.29, 0.717) is 41.9 Å². The van der Waals surface area contributed by atoms with Crippen LogP contribution in [0.3, 0.4) is 0 Å². The summed E-state index contributed by atoms with van der Waals surface area (Å²) < 4.78 is 10.9. The van der Waals surface area contributed by atoms with Crippen LogP contribution < -0.4 is 31.9 Å². The average molecular weight is 1110 g/mol. The maximum atomic E-state index is 15.0. The van der Waals surface area contributed by atoms with Crippen molar-refractivity contribution < 1.29 is 47.8 Å². The van der Waals surface area contributed by atoms with Gasteiger partial charge < -0.3 is 41.0 Å². The Morgan fingerprint density at radius 3 is 1.88 bits per heavy atom. The first-order chi connectivity index (χ1) is 38.0. The smallest absolute Gasteiger partial charge is 0.412 e. The third-order valence-corrected chi connectivity index (χ3v) is 15.1. The number of nitrogens with zero attached hydrogens (tertiary/aromatic N) is 2. The van der Waals surface area contributed by atoms with Crippen molar-refractivity contribution in [2.45, 2.75) is 212 Å². The Balaban J connectivity index is 0.929. The third-order valence-electron chi connectivity index (χ3n) is 15.1. The number of hydrogen-bond donors (Lipinski definition) is 6. The van der Waals surface area contributed by atoms with Crippen molar-refractivity contribution in [2.75, 3.05) is 29.5 Å². The number of anilines is 3. The number of fused-ring (bicyclic) bond motifs is 1. The molecule has 1 aliphatic heterocycles. The van der Waals surface area contributed by atoms with Crippen molar-refractivity contribution in [2.24, 2.45) is 5.92 Å². The van der Waals surface area contributed by atoms with Crippen LogP contribution in [0, 0.1) is 5.92 Å². The lowest BCUT2D eigenvalue weighted by molar-refractivity contribution is -0.143. The third kappa shape index (κ3) is 19.4. The summed E-state index contributed by atoms with van der Waals surface area (Å²) in [5.41, 5.74) is 2.60. The topological polar surface area (TPSA) is 234 Å². The number of amides is 8. The Morgan fingerprint density at radius 1 is 0.650 bits per heavy atom. The zero-order chi connectivity index (χ0) is 58.0.